The summed E-state index contributed by atoms with van der Waals surface area (Å²) in [5, 5.41) is 12.8. The van der Waals surface area contributed by atoms with Crippen molar-refractivity contribution in [1.29, 1.82) is 0 Å². The molecule has 0 aliphatic carbocycles. The molecular formula is C14H19N2O-. The molecule has 17 heavy (non-hydrogen) atoms. The predicted octanol–water partition coefficient (Wildman–Crippen LogP) is 2.41. The van der Waals surface area contributed by atoms with Crippen LogP contribution in [0.2, 0.25) is 0 Å². The highest BCUT2D eigenvalue weighted by Crippen LogP contribution is 2.11. The summed E-state index contributed by atoms with van der Waals surface area (Å²) in [6.45, 7) is 4.17. The van der Waals surface area contributed by atoms with Crippen LogP contribution in [-0.2, 0) is 6.42 Å². The van der Waals surface area contributed by atoms with Gasteiger partial charge >= 0.3 is 0 Å². The maximum absolute atomic E-state index is 11.7. The third-order valence-electron chi connectivity index (χ3n) is 2.61. The van der Waals surface area contributed by atoms with Crippen LogP contribution in [0, 0.1) is 17.0 Å². The van der Waals surface area contributed by atoms with E-state index in [2.05, 4.69) is 11.8 Å². The lowest BCUT2D eigenvalue weighted by molar-refractivity contribution is 0.299. The summed E-state index contributed by atoms with van der Waals surface area (Å²) >= 11 is 0. The van der Waals surface area contributed by atoms with Gasteiger partial charge in [-0.25, -0.2) is 0 Å². The van der Waals surface area contributed by atoms with Crippen molar-refractivity contribution in [3.63, 3.8) is 0 Å². The van der Waals surface area contributed by atoms with Crippen LogP contribution in [0.1, 0.15) is 25.8 Å². The minimum atomic E-state index is -0.0459. The number of benzene rings is 1. The average molecular weight is 231 g/mol. The SMILES string of the molecule is CC#CCCN([O-])[C@H](C)Cc1cccc(N)c1. The summed E-state index contributed by atoms with van der Waals surface area (Å²) in [5.41, 5.74) is 7.54. The zero-order valence-electron chi connectivity index (χ0n) is 10.4. The van der Waals surface area contributed by atoms with Crippen LogP contribution in [0.25, 0.3) is 0 Å². The Bertz CT molecular complexity index is 406. The van der Waals surface area contributed by atoms with E-state index in [9.17, 15) is 5.21 Å². The molecule has 0 unspecified atom stereocenters. The summed E-state index contributed by atoms with van der Waals surface area (Å²) in [6.07, 6.45) is 1.34. The number of rotatable bonds is 5. The zero-order chi connectivity index (χ0) is 12.7. The molecule has 0 amide bonds. The minimum absolute atomic E-state index is 0.0459. The fourth-order valence-electron chi connectivity index (χ4n) is 1.67. The zero-order valence-corrected chi connectivity index (χ0v) is 10.4. The Balaban J connectivity index is 2.47. The van der Waals surface area contributed by atoms with Crippen LogP contribution in [0.15, 0.2) is 24.3 Å². The van der Waals surface area contributed by atoms with Crippen molar-refractivity contribution in [2.24, 2.45) is 0 Å². The maximum atomic E-state index is 11.7. The highest BCUT2D eigenvalue weighted by Gasteiger charge is 2.05. The molecule has 0 radical (unpaired) electrons. The van der Waals surface area contributed by atoms with E-state index in [-0.39, 0.29) is 6.04 Å². The third kappa shape index (κ3) is 4.90. The molecule has 0 heterocycles. The number of hydrogen-bond donors (Lipinski definition) is 1. The first-order valence-corrected chi connectivity index (χ1v) is 5.81. The van der Waals surface area contributed by atoms with E-state index in [0.717, 1.165) is 16.3 Å². The number of nitrogens with zero attached hydrogens (tertiary/aromatic N) is 1. The van der Waals surface area contributed by atoms with E-state index in [1.807, 2.05) is 31.2 Å². The number of nitrogen functional groups attached to an aromatic ring is 1. The first-order chi connectivity index (χ1) is 8.13. The Labute approximate surface area is 103 Å². The normalized spacial score (nSPS) is 12.0. The van der Waals surface area contributed by atoms with Gasteiger partial charge in [0.25, 0.3) is 0 Å². The van der Waals surface area contributed by atoms with Crippen LogP contribution in [0.3, 0.4) is 0 Å². The Morgan fingerprint density at radius 3 is 2.88 bits per heavy atom. The first-order valence-electron chi connectivity index (χ1n) is 5.81. The predicted molar refractivity (Wildman–Crippen MR) is 72.2 cm³/mol. The van der Waals surface area contributed by atoms with Crippen LogP contribution in [0.5, 0.6) is 0 Å². The second-order valence-corrected chi connectivity index (χ2v) is 4.12. The van der Waals surface area contributed by atoms with Gasteiger partial charge in [-0.1, -0.05) is 19.1 Å². The molecule has 1 aromatic carbocycles. The molecule has 0 aromatic heterocycles. The Kier molecular flexibility index (Phi) is 5.55. The lowest BCUT2D eigenvalue weighted by Gasteiger charge is -2.34. The van der Waals surface area contributed by atoms with Gasteiger partial charge in [-0.3, -0.25) is 0 Å². The quantitative estimate of drug-likeness (QED) is 0.481. The Hall–Kier alpha value is -1.50. The van der Waals surface area contributed by atoms with Crippen LogP contribution in [-0.4, -0.2) is 17.6 Å². The van der Waals surface area contributed by atoms with Gasteiger partial charge in [0.1, 0.15) is 0 Å². The smallest absolute Gasteiger partial charge is 0.0316 e. The van der Waals surface area contributed by atoms with Crippen LogP contribution >= 0.6 is 0 Å². The lowest BCUT2D eigenvalue weighted by atomic mass is 10.1. The third-order valence-corrected chi connectivity index (χ3v) is 2.61. The van der Waals surface area contributed by atoms with Crippen molar-refractivity contribution in [2.45, 2.75) is 32.7 Å². The summed E-state index contributed by atoms with van der Waals surface area (Å²) in [5.74, 6) is 5.68. The molecule has 1 rings (SSSR count). The molecular weight excluding hydrogens is 212 g/mol. The molecule has 3 heteroatoms. The van der Waals surface area contributed by atoms with E-state index >= 15 is 0 Å². The van der Waals surface area contributed by atoms with Gasteiger partial charge in [0.2, 0.25) is 0 Å². The van der Waals surface area contributed by atoms with Crippen molar-refractivity contribution >= 4 is 5.69 Å². The van der Waals surface area contributed by atoms with Gasteiger partial charge in [0.05, 0.1) is 0 Å². The minimum Gasteiger partial charge on any atom is -0.785 e. The topological polar surface area (TPSA) is 52.3 Å². The molecule has 1 atom stereocenters. The summed E-state index contributed by atoms with van der Waals surface area (Å²) in [6, 6.07) is 7.62. The van der Waals surface area contributed by atoms with Gasteiger partial charge in [-0.2, -0.15) is 0 Å². The molecule has 0 aliphatic heterocycles. The average Bonchev–Trinajstić information content (AvgIpc) is 2.29. The molecule has 3 nitrogen and oxygen atoms in total. The Morgan fingerprint density at radius 2 is 2.24 bits per heavy atom. The number of anilines is 1. The molecule has 92 valence electrons. The summed E-state index contributed by atoms with van der Waals surface area (Å²) in [4.78, 5) is 0. The maximum Gasteiger partial charge on any atom is 0.0316 e. The van der Waals surface area contributed by atoms with Crippen molar-refractivity contribution in [3.05, 3.63) is 35.0 Å². The van der Waals surface area contributed by atoms with Gasteiger partial charge in [-0.05, 0) is 43.6 Å². The van der Waals surface area contributed by atoms with Crippen LogP contribution < -0.4 is 5.73 Å². The molecule has 0 bridgehead atoms. The van der Waals surface area contributed by atoms with E-state index in [1.165, 1.54) is 0 Å². The Morgan fingerprint density at radius 1 is 1.47 bits per heavy atom. The molecule has 0 spiro atoms. The number of hydroxylamine groups is 2. The van der Waals surface area contributed by atoms with Gasteiger partial charge in [0, 0.05) is 12.1 Å². The van der Waals surface area contributed by atoms with Crippen molar-refractivity contribution in [2.75, 3.05) is 12.3 Å². The monoisotopic (exact) mass is 231 g/mol. The summed E-state index contributed by atoms with van der Waals surface area (Å²) in [7, 11) is 0. The highest BCUT2D eigenvalue weighted by atomic mass is 16.5. The van der Waals surface area contributed by atoms with Crippen molar-refractivity contribution in [3.8, 4) is 11.8 Å². The van der Waals surface area contributed by atoms with Gasteiger partial charge in [0.15, 0.2) is 0 Å². The van der Waals surface area contributed by atoms with E-state index in [1.54, 1.807) is 6.92 Å². The van der Waals surface area contributed by atoms with Gasteiger partial charge < -0.3 is 16.0 Å². The molecule has 0 aliphatic rings. The molecule has 2 N–H and O–H groups in total. The number of nitrogens with two attached hydrogens (primary N) is 1. The van der Waals surface area contributed by atoms with E-state index in [0.29, 0.717) is 19.4 Å². The fraction of sp³-hybridized carbons (Fsp3) is 0.429. The molecule has 0 fully saturated rings. The number of hydrogen-bond acceptors (Lipinski definition) is 3. The second kappa shape index (κ2) is 6.95. The van der Waals surface area contributed by atoms with Crippen molar-refractivity contribution < 1.29 is 0 Å². The van der Waals surface area contributed by atoms with E-state index in [4.69, 9.17) is 5.73 Å². The standard InChI is InChI=1S/C14H19N2O/c1-3-4-5-9-16(17)12(2)10-13-7-6-8-14(15)11-13/h6-8,11-12H,5,9-10,15H2,1-2H3/q-1/t12-/m1/s1. The molecule has 1 aromatic rings. The second-order valence-electron chi connectivity index (χ2n) is 4.12. The molecule has 0 saturated heterocycles. The van der Waals surface area contributed by atoms with E-state index < -0.39 is 0 Å². The van der Waals surface area contributed by atoms with Crippen LogP contribution in [0.4, 0.5) is 5.69 Å². The summed E-state index contributed by atoms with van der Waals surface area (Å²) < 4.78 is 0. The first kappa shape index (κ1) is 13.6. The highest BCUT2D eigenvalue weighted by molar-refractivity contribution is 5.40. The fourth-order valence-corrected chi connectivity index (χ4v) is 1.67. The largest absolute Gasteiger partial charge is 0.785 e. The van der Waals surface area contributed by atoms with Gasteiger partial charge in [-0.15, -0.1) is 11.8 Å². The molecule has 0 saturated carbocycles. The lowest BCUT2D eigenvalue weighted by Crippen LogP contribution is -2.30. The van der Waals surface area contributed by atoms with Crippen molar-refractivity contribution in [1.82, 2.24) is 5.06 Å².